The van der Waals surface area contributed by atoms with Gasteiger partial charge in [0.05, 0.1) is 21.9 Å². The number of sulfonamides is 1. The van der Waals surface area contributed by atoms with Crippen LogP contribution in [0.5, 0.6) is 0 Å². The van der Waals surface area contributed by atoms with E-state index < -0.39 is 10.0 Å². The number of carbonyl (C=O) groups is 1. The molecule has 164 valence electrons. The smallest absolute Gasteiger partial charge is 0.244 e. The third-order valence-electron chi connectivity index (χ3n) is 5.03. The van der Waals surface area contributed by atoms with Crippen LogP contribution in [0.25, 0.3) is 5.69 Å². The molecule has 9 nitrogen and oxygen atoms in total. The van der Waals surface area contributed by atoms with Gasteiger partial charge in [0, 0.05) is 26.2 Å². The number of para-hydroxylation sites is 1. The number of nitriles is 1. The van der Waals surface area contributed by atoms with E-state index in [1.165, 1.54) is 28.2 Å². The van der Waals surface area contributed by atoms with E-state index >= 15 is 0 Å². The summed E-state index contributed by atoms with van der Waals surface area (Å²) in [6.07, 6.45) is 1.60. The van der Waals surface area contributed by atoms with Crippen LogP contribution < -0.4 is 0 Å². The van der Waals surface area contributed by atoms with Gasteiger partial charge in [-0.3, -0.25) is 4.79 Å². The molecular formula is C21H20N6O3S2. The molecule has 1 fully saturated rings. The zero-order valence-electron chi connectivity index (χ0n) is 17.0. The van der Waals surface area contributed by atoms with Gasteiger partial charge in [-0.25, -0.2) is 18.1 Å². The summed E-state index contributed by atoms with van der Waals surface area (Å²) < 4.78 is 28.8. The molecule has 0 bridgehead atoms. The fourth-order valence-corrected chi connectivity index (χ4v) is 5.60. The fraction of sp³-hybridized carbons (Fsp3) is 0.238. The van der Waals surface area contributed by atoms with E-state index in [4.69, 9.17) is 0 Å². The van der Waals surface area contributed by atoms with Crippen molar-refractivity contribution in [2.24, 2.45) is 0 Å². The zero-order valence-corrected chi connectivity index (χ0v) is 18.7. The average Bonchev–Trinajstić information content (AvgIpc) is 3.32. The summed E-state index contributed by atoms with van der Waals surface area (Å²) in [5.41, 5.74) is 0.998. The molecule has 0 saturated carbocycles. The number of thioether (sulfide) groups is 1. The second kappa shape index (κ2) is 9.52. The first-order valence-corrected chi connectivity index (χ1v) is 12.3. The van der Waals surface area contributed by atoms with Gasteiger partial charge in [-0.1, -0.05) is 42.1 Å². The monoisotopic (exact) mass is 468 g/mol. The summed E-state index contributed by atoms with van der Waals surface area (Å²) >= 11 is 1.24. The van der Waals surface area contributed by atoms with Crippen LogP contribution in [0.3, 0.4) is 0 Å². The van der Waals surface area contributed by atoms with Gasteiger partial charge < -0.3 is 4.90 Å². The minimum Gasteiger partial charge on any atom is -0.339 e. The number of amides is 1. The minimum absolute atomic E-state index is 0.00194. The molecule has 0 unspecified atom stereocenters. The van der Waals surface area contributed by atoms with Crippen LogP contribution in [0.1, 0.15) is 5.56 Å². The van der Waals surface area contributed by atoms with Gasteiger partial charge >= 0.3 is 0 Å². The molecule has 0 atom stereocenters. The number of hydrogen-bond donors (Lipinski definition) is 0. The van der Waals surface area contributed by atoms with E-state index in [0.717, 1.165) is 5.69 Å². The summed E-state index contributed by atoms with van der Waals surface area (Å²) in [7, 11) is -3.79. The molecule has 0 aliphatic carbocycles. The Kier molecular flexibility index (Phi) is 6.55. The van der Waals surface area contributed by atoms with Gasteiger partial charge in [-0.2, -0.15) is 9.57 Å². The second-order valence-electron chi connectivity index (χ2n) is 6.99. The summed E-state index contributed by atoms with van der Waals surface area (Å²) in [4.78, 5) is 18.5. The highest BCUT2D eigenvalue weighted by Crippen LogP contribution is 2.22. The van der Waals surface area contributed by atoms with Crippen molar-refractivity contribution in [3.05, 3.63) is 66.5 Å². The van der Waals surface area contributed by atoms with Crippen LogP contribution >= 0.6 is 11.8 Å². The van der Waals surface area contributed by atoms with Crippen molar-refractivity contribution in [1.29, 1.82) is 5.26 Å². The minimum atomic E-state index is -3.79. The SMILES string of the molecule is N#Cc1ccccc1S(=O)(=O)N1CCN(C(=O)CSc2ncn(-c3ccccc3)n2)CC1. The lowest BCUT2D eigenvalue weighted by Crippen LogP contribution is -2.51. The molecule has 0 spiro atoms. The van der Waals surface area contributed by atoms with Crippen molar-refractivity contribution >= 4 is 27.7 Å². The van der Waals surface area contributed by atoms with Gasteiger partial charge in [0.25, 0.3) is 0 Å². The lowest BCUT2D eigenvalue weighted by molar-refractivity contribution is -0.129. The number of rotatable bonds is 6. The third kappa shape index (κ3) is 4.67. The number of aromatic nitrogens is 3. The molecule has 32 heavy (non-hydrogen) atoms. The maximum Gasteiger partial charge on any atom is 0.244 e. The molecule has 1 amide bonds. The molecule has 0 N–H and O–H groups in total. The van der Waals surface area contributed by atoms with Gasteiger partial charge in [-0.15, -0.1) is 5.10 Å². The molecule has 1 aliphatic heterocycles. The summed E-state index contributed by atoms with van der Waals surface area (Å²) in [5, 5.41) is 14.1. The molecular weight excluding hydrogens is 448 g/mol. The molecule has 1 aromatic heterocycles. The number of nitrogens with zero attached hydrogens (tertiary/aromatic N) is 6. The van der Waals surface area contributed by atoms with Crippen molar-refractivity contribution in [2.45, 2.75) is 10.1 Å². The predicted octanol–water partition coefficient (Wildman–Crippen LogP) is 1.76. The largest absolute Gasteiger partial charge is 0.339 e. The summed E-state index contributed by atoms with van der Waals surface area (Å²) in [6.45, 7) is 0.942. The number of hydrogen-bond acceptors (Lipinski definition) is 7. The van der Waals surface area contributed by atoms with Crippen molar-refractivity contribution in [1.82, 2.24) is 24.0 Å². The van der Waals surface area contributed by atoms with Crippen molar-refractivity contribution < 1.29 is 13.2 Å². The Morgan fingerprint density at radius 1 is 1.03 bits per heavy atom. The Morgan fingerprint density at radius 2 is 1.72 bits per heavy atom. The maximum absolute atomic E-state index is 12.9. The van der Waals surface area contributed by atoms with Crippen molar-refractivity contribution in [2.75, 3.05) is 31.9 Å². The molecule has 11 heteroatoms. The summed E-state index contributed by atoms with van der Waals surface area (Å²) in [5.74, 6) is 0.0727. The Bertz CT molecular complexity index is 1250. The van der Waals surface area contributed by atoms with Crippen molar-refractivity contribution in [3.63, 3.8) is 0 Å². The fourth-order valence-electron chi connectivity index (χ4n) is 3.34. The van der Waals surface area contributed by atoms with Crippen LogP contribution in [0.4, 0.5) is 0 Å². The topological polar surface area (TPSA) is 112 Å². The predicted molar refractivity (Wildman–Crippen MR) is 119 cm³/mol. The van der Waals surface area contributed by atoms with Crippen LogP contribution in [-0.2, 0) is 14.8 Å². The maximum atomic E-state index is 12.9. The lowest BCUT2D eigenvalue weighted by atomic mass is 10.2. The Labute approximate surface area is 190 Å². The lowest BCUT2D eigenvalue weighted by Gasteiger charge is -2.34. The zero-order chi connectivity index (χ0) is 22.6. The van der Waals surface area contributed by atoms with Gasteiger partial charge in [0.2, 0.25) is 21.1 Å². The molecule has 1 saturated heterocycles. The number of piperazine rings is 1. The first-order chi connectivity index (χ1) is 15.5. The second-order valence-corrected chi connectivity index (χ2v) is 9.84. The average molecular weight is 469 g/mol. The van der Waals surface area contributed by atoms with E-state index in [9.17, 15) is 18.5 Å². The normalized spacial score (nSPS) is 14.8. The molecule has 4 rings (SSSR count). The first-order valence-electron chi connectivity index (χ1n) is 9.86. The first kappa shape index (κ1) is 22.0. The molecule has 2 aromatic carbocycles. The Balaban J connectivity index is 1.32. The molecule has 2 heterocycles. The van der Waals surface area contributed by atoms with E-state index in [2.05, 4.69) is 10.1 Å². The van der Waals surface area contributed by atoms with E-state index in [0.29, 0.717) is 18.2 Å². The van der Waals surface area contributed by atoms with Gasteiger partial charge in [0.1, 0.15) is 12.4 Å². The Hall–Kier alpha value is -3.20. The third-order valence-corrected chi connectivity index (χ3v) is 7.83. The van der Waals surface area contributed by atoms with Crippen molar-refractivity contribution in [3.8, 4) is 11.8 Å². The van der Waals surface area contributed by atoms with Gasteiger partial charge in [-0.05, 0) is 24.3 Å². The van der Waals surface area contributed by atoms with Crippen LogP contribution in [0.2, 0.25) is 0 Å². The summed E-state index contributed by atoms with van der Waals surface area (Å²) in [6, 6.07) is 17.6. The molecule has 0 radical (unpaired) electrons. The molecule has 3 aromatic rings. The van der Waals surface area contributed by atoms with Crippen LogP contribution in [0.15, 0.2) is 71.0 Å². The van der Waals surface area contributed by atoms with E-state index in [1.54, 1.807) is 28.0 Å². The van der Waals surface area contributed by atoms with Crippen LogP contribution in [-0.4, -0.2) is 70.2 Å². The highest BCUT2D eigenvalue weighted by Gasteiger charge is 2.31. The number of carbonyl (C=O) groups excluding carboxylic acids is 1. The van der Waals surface area contributed by atoms with Gasteiger partial charge in [0.15, 0.2) is 0 Å². The number of benzene rings is 2. The molecule has 1 aliphatic rings. The highest BCUT2D eigenvalue weighted by molar-refractivity contribution is 7.99. The standard InChI is InChI=1S/C21H20N6O3S2/c22-14-17-6-4-5-9-19(17)32(29,30)26-12-10-25(11-13-26)20(28)15-31-21-23-16-27(24-21)18-7-2-1-3-8-18/h1-9,16H,10-13,15H2. The van der Waals surface area contributed by atoms with E-state index in [1.807, 2.05) is 36.4 Å². The van der Waals surface area contributed by atoms with Crippen LogP contribution in [0, 0.1) is 11.3 Å². The highest BCUT2D eigenvalue weighted by atomic mass is 32.2. The van der Waals surface area contributed by atoms with E-state index in [-0.39, 0.29) is 35.2 Å². The Morgan fingerprint density at radius 3 is 2.44 bits per heavy atom. The quantitative estimate of drug-likeness (QED) is 0.507.